The normalized spacial score (nSPS) is 16.5. The SMILES string of the molecule is Cc1nnc(NC(=O)CN2CCN(S(=O)(=O)Cc3ccccc3)CC2)s1. The molecule has 1 aromatic heterocycles. The van der Waals surface area contributed by atoms with Crippen molar-refractivity contribution in [1.82, 2.24) is 19.4 Å². The van der Waals surface area contributed by atoms with Gasteiger partial charge < -0.3 is 0 Å². The summed E-state index contributed by atoms with van der Waals surface area (Å²) in [6, 6.07) is 9.16. The Kier molecular flexibility index (Phi) is 5.97. The third-order valence-corrected chi connectivity index (χ3v) is 6.66. The van der Waals surface area contributed by atoms with Gasteiger partial charge in [-0.25, -0.2) is 8.42 Å². The van der Waals surface area contributed by atoms with Gasteiger partial charge in [0.2, 0.25) is 21.1 Å². The van der Waals surface area contributed by atoms with Crippen LogP contribution in [0.1, 0.15) is 10.6 Å². The van der Waals surface area contributed by atoms with Crippen molar-refractivity contribution in [3.63, 3.8) is 0 Å². The van der Waals surface area contributed by atoms with Crippen LogP contribution in [0.5, 0.6) is 0 Å². The van der Waals surface area contributed by atoms with Gasteiger partial charge in [0, 0.05) is 26.2 Å². The molecule has 1 aliphatic heterocycles. The van der Waals surface area contributed by atoms with Crippen LogP contribution in [0, 0.1) is 6.92 Å². The van der Waals surface area contributed by atoms with Gasteiger partial charge in [-0.3, -0.25) is 15.0 Å². The van der Waals surface area contributed by atoms with Crippen LogP contribution in [0.4, 0.5) is 5.13 Å². The zero-order valence-electron chi connectivity index (χ0n) is 14.5. The highest BCUT2D eigenvalue weighted by atomic mass is 32.2. The largest absolute Gasteiger partial charge is 0.299 e. The van der Waals surface area contributed by atoms with E-state index in [2.05, 4.69) is 15.5 Å². The van der Waals surface area contributed by atoms with Gasteiger partial charge >= 0.3 is 0 Å². The van der Waals surface area contributed by atoms with E-state index in [0.29, 0.717) is 31.3 Å². The van der Waals surface area contributed by atoms with Gasteiger partial charge in [0.05, 0.1) is 12.3 Å². The molecular formula is C16H21N5O3S2. The number of nitrogens with zero attached hydrogens (tertiary/aromatic N) is 4. The summed E-state index contributed by atoms with van der Waals surface area (Å²) >= 11 is 1.32. The maximum absolute atomic E-state index is 12.5. The molecule has 0 spiro atoms. The second-order valence-electron chi connectivity index (χ2n) is 6.09. The fourth-order valence-electron chi connectivity index (χ4n) is 2.75. The first kappa shape index (κ1) is 18.9. The van der Waals surface area contributed by atoms with E-state index in [0.717, 1.165) is 10.6 Å². The van der Waals surface area contributed by atoms with E-state index < -0.39 is 10.0 Å². The number of amides is 1. The molecule has 2 heterocycles. The highest BCUT2D eigenvalue weighted by Crippen LogP contribution is 2.15. The molecule has 1 amide bonds. The highest BCUT2D eigenvalue weighted by Gasteiger charge is 2.27. The summed E-state index contributed by atoms with van der Waals surface area (Å²) < 4.78 is 26.6. The van der Waals surface area contributed by atoms with Crippen LogP contribution in [0.2, 0.25) is 0 Å². The molecular weight excluding hydrogens is 374 g/mol. The van der Waals surface area contributed by atoms with Crippen molar-refractivity contribution in [3.8, 4) is 0 Å². The van der Waals surface area contributed by atoms with Crippen LogP contribution in [-0.4, -0.2) is 66.5 Å². The minimum absolute atomic E-state index is 0.00469. The summed E-state index contributed by atoms with van der Waals surface area (Å²) in [5.41, 5.74) is 0.779. The Morgan fingerprint density at radius 3 is 2.46 bits per heavy atom. The summed E-state index contributed by atoms with van der Waals surface area (Å²) in [7, 11) is -3.34. The number of aromatic nitrogens is 2. The van der Waals surface area contributed by atoms with Crippen LogP contribution in [0.15, 0.2) is 30.3 Å². The van der Waals surface area contributed by atoms with Crippen LogP contribution in [-0.2, 0) is 20.6 Å². The Bertz CT molecular complexity index is 846. The quantitative estimate of drug-likeness (QED) is 0.782. The van der Waals surface area contributed by atoms with Crippen molar-refractivity contribution < 1.29 is 13.2 Å². The van der Waals surface area contributed by atoms with E-state index in [1.54, 1.807) is 0 Å². The zero-order valence-corrected chi connectivity index (χ0v) is 16.1. The maximum Gasteiger partial charge on any atom is 0.240 e. The van der Waals surface area contributed by atoms with Gasteiger partial charge in [-0.15, -0.1) is 10.2 Å². The molecule has 10 heteroatoms. The fourth-order valence-corrected chi connectivity index (χ4v) is 4.87. The Morgan fingerprint density at radius 1 is 1.15 bits per heavy atom. The number of carbonyl (C=O) groups excluding carboxylic acids is 1. The molecule has 1 N–H and O–H groups in total. The van der Waals surface area contributed by atoms with Crippen molar-refractivity contribution in [2.75, 3.05) is 38.0 Å². The van der Waals surface area contributed by atoms with Crippen LogP contribution in [0.25, 0.3) is 0 Å². The Labute approximate surface area is 156 Å². The lowest BCUT2D eigenvalue weighted by atomic mass is 10.2. The van der Waals surface area contributed by atoms with Gasteiger partial charge in [-0.2, -0.15) is 4.31 Å². The van der Waals surface area contributed by atoms with Crippen LogP contribution < -0.4 is 5.32 Å². The molecule has 1 fully saturated rings. The summed E-state index contributed by atoms with van der Waals surface area (Å²) in [5.74, 6) is -0.160. The number of anilines is 1. The lowest BCUT2D eigenvalue weighted by Gasteiger charge is -2.33. The first-order valence-corrected chi connectivity index (χ1v) is 10.7. The van der Waals surface area contributed by atoms with E-state index >= 15 is 0 Å². The molecule has 1 saturated heterocycles. The standard InChI is InChI=1S/C16H21N5O3S2/c1-13-18-19-16(25-13)17-15(22)11-20-7-9-21(10-8-20)26(23,24)12-14-5-3-2-4-6-14/h2-6H,7-12H2,1H3,(H,17,19,22). The minimum Gasteiger partial charge on any atom is -0.299 e. The van der Waals surface area contributed by atoms with Gasteiger partial charge in [-0.1, -0.05) is 41.7 Å². The van der Waals surface area contributed by atoms with E-state index in [-0.39, 0.29) is 18.2 Å². The second-order valence-corrected chi connectivity index (χ2v) is 9.24. The van der Waals surface area contributed by atoms with Crippen molar-refractivity contribution in [2.45, 2.75) is 12.7 Å². The average molecular weight is 396 g/mol. The first-order chi connectivity index (χ1) is 12.4. The van der Waals surface area contributed by atoms with Gasteiger partial charge in [0.25, 0.3) is 0 Å². The summed E-state index contributed by atoms with van der Waals surface area (Å²) in [5, 5.41) is 11.7. The number of aryl methyl sites for hydroxylation is 1. The van der Waals surface area contributed by atoms with E-state index in [9.17, 15) is 13.2 Å². The topological polar surface area (TPSA) is 95.5 Å². The molecule has 0 unspecified atom stereocenters. The lowest BCUT2D eigenvalue weighted by molar-refractivity contribution is -0.117. The number of nitrogens with one attached hydrogen (secondary N) is 1. The summed E-state index contributed by atoms with van der Waals surface area (Å²) in [6.45, 7) is 3.86. The highest BCUT2D eigenvalue weighted by molar-refractivity contribution is 7.88. The van der Waals surface area contributed by atoms with Crippen molar-refractivity contribution in [1.29, 1.82) is 0 Å². The number of sulfonamides is 1. The Morgan fingerprint density at radius 2 is 1.85 bits per heavy atom. The fraction of sp³-hybridized carbons (Fsp3) is 0.438. The molecule has 8 nitrogen and oxygen atoms in total. The summed E-state index contributed by atoms with van der Waals surface area (Å²) in [4.78, 5) is 14.0. The molecule has 0 aliphatic carbocycles. The molecule has 1 aromatic carbocycles. The monoisotopic (exact) mass is 395 g/mol. The van der Waals surface area contributed by atoms with Crippen LogP contribution >= 0.6 is 11.3 Å². The third-order valence-electron chi connectivity index (χ3n) is 4.06. The number of carbonyl (C=O) groups is 1. The second kappa shape index (κ2) is 8.21. The predicted octanol–water partition coefficient (Wildman–Crippen LogP) is 0.933. The van der Waals surface area contributed by atoms with Crippen molar-refractivity contribution >= 4 is 32.4 Å². The molecule has 26 heavy (non-hydrogen) atoms. The first-order valence-electron chi connectivity index (χ1n) is 8.26. The predicted molar refractivity (Wildman–Crippen MR) is 100 cm³/mol. The number of benzene rings is 1. The Balaban J connectivity index is 1.48. The zero-order chi connectivity index (χ0) is 18.6. The van der Waals surface area contributed by atoms with E-state index in [4.69, 9.17) is 0 Å². The molecule has 3 rings (SSSR count). The molecule has 140 valence electrons. The van der Waals surface area contributed by atoms with Gasteiger partial charge in [-0.05, 0) is 12.5 Å². The number of rotatable bonds is 6. The average Bonchev–Trinajstić information content (AvgIpc) is 3.00. The third kappa shape index (κ3) is 5.07. The van der Waals surface area contributed by atoms with E-state index in [1.165, 1.54) is 15.6 Å². The summed E-state index contributed by atoms with van der Waals surface area (Å²) in [6.07, 6.45) is 0. The maximum atomic E-state index is 12.5. The van der Waals surface area contributed by atoms with Crippen molar-refractivity contribution in [3.05, 3.63) is 40.9 Å². The van der Waals surface area contributed by atoms with E-state index in [1.807, 2.05) is 42.2 Å². The van der Waals surface area contributed by atoms with Gasteiger partial charge in [0.1, 0.15) is 5.01 Å². The molecule has 1 aliphatic rings. The smallest absolute Gasteiger partial charge is 0.240 e. The molecule has 0 radical (unpaired) electrons. The van der Waals surface area contributed by atoms with Crippen molar-refractivity contribution in [2.24, 2.45) is 0 Å². The number of hydrogen-bond acceptors (Lipinski definition) is 7. The lowest BCUT2D eigenvalue weighted by Crippen LogP contribution is -2.50. The minimum atomic E-state index is -3.34. The number of piperazine rings is 1. The molecule has 0 bridgehead atoms. The molecule has 0 atom stereocenters. The number of hydrogen-bond donors (Lipinski definition) is 1. The Hall–Kier alpha value is -1.88. The molecule has 0 saturated carbocycles. The van der Waals surface area contributed by atoms with Crippen LogP contribution in [0.3, 0.4) is 0 Å². The molecule has 2 aromatic rings. The van der Waals surface area contributed by atoms with Gasteiger partial charge in [0.15, 0.2) is 0 Å².